The van der Waals surface area contributed by atoms with Gasteiger partial charge in [0.1, 0.15) is 0 Å². The summed E-state index contributed by atoms with van der Waals surface area (Å²) in [5, 5.41) is 2.87. The first kappa shape index (κ1) is 13.8. The first-order valence-electron chi connectivity index (χ1n) is 7.06. The zero-order valence-electron chi connectivity index (χ0n) is 11.7. The predicted octanol–water partition coefficient (Wildman–Crippen LogP) is 2.98. The molecule has 0 radical (unpaired) electrons. The Morgan fingerprint density at radius 2 is 2.21 bits per heavy atom. The van der Waals surface area contributed by atoms with Gasteiger partial charge in [0.15, 0.2) is 5.78 Å². The number of carbonyl (C=O) groups is 2. The van der Waals surface area contributed by atoms with Crippen LogP contribution < -0.4 is 5.32 Å². The Balaban J connectivity index is 2.24. The summed E-state index contributed by atoms with van der Waals surface area (Å²) < 4.78 is 0. The van der Waals surface area contributed by atoms with Gasteiger partial charge in [-0.05, 0) is 30.4 Å². The van der Waals surface area contributed by atoms with E-state index in [2.05, 4.69) is 19.2 Å². The van der Waals surface area contributed by atoms with Crippen molar-refractivity contribution < 1.29 is 9.59 Å². The number of aryl methyl sites for hydroxylation is 1. The van der Waals surface area contributed by atoms with E-state index in [1.807, 2.05) is 12.1 Å². The molecule has 0 spiro atoms. The molecule has 0 aliphatic carbocycles. The monoisotopic (exact) mass is 259 g/mol. The number of benzene rings is 1. The minimum Gasteiger partial charge on any atom is -0.352 e. The largest absolute Gasteiger partial charge is 0.352 e. The third-order valence-corrected chi connectivity index (χ3v) is 3.82. The van der Waals surface area contributed by atoms with Crippen LogP contribution in [0.2, 0.25) is 0 Å². The third-order valence-electron chi connectivity index (χ3n) is 3.82. The third kappa shape index (κ3) is 3.22. The second-order valence-electron chi connectivity index (χ2n) is 5.37. The summed E-state index contributed by atoms with van der Waals surface area (Å²) in [4.78, 5) is 24.1. The van der Waals surface area contributed by atoms with E-state index in [4.69, 9.17) is 0 Å². The van der Waals surface area contributed by atoms with E-state index in [1.54, 1.807) is 6.07 Å². The van der Waals surface area contributed by atoms with Gasteiger partial charge < -0.3 is 5.32 Å². The summed E-state index contributed by atoms with van der Waals surface area (Å²) in [5.41, 5.74) is 2.39. The van der Waals surface area contributed by atoms with Gasteiger partial charge in [0.05, 0.1) is 0 Å². The molecular weight excluding hydrogens is 238 g/mol. The average Bonchev–Trinajstić information content (AvgIpc) is 2.60. The van der Waals surface area contributed by atoms with Gasteiger partial charge in [-0.3, -0.25) is 9.59 Å². The summed E-state index contributed by atoms with van der Waals surface area (Å²) in [5.74, 6) is 0.472. The van der Waals surface area contributed by atoms with Crippen molar-refractivity contribution in [3.8, 4) is 0 Å². The molecule has 1 N–H and O–H groups in total. The highest BCUT2D eigenvalue weighted by Gasteiger charge is 2.18. The maximum Gasteiger partial charge on any atom is 0.251 e. The molecule has 0 bridgehead atoms. The Morgan fingerprint density at radius 3 is 2.95 bits per heavy atom. The van der Waals surface area contributed by atoms with Crippen LogP contribution >= 0.6 is 0 Å². The lowest BCUT2D eigenvalue weighted by molar-refractivity contribution is 0.0956. The molecule has 0 saturated heterocycles. The van der Waals surface area contributed by atoms with Crippen molar-refractivity contribution in [2.75, 3.05) is 6.54 Å². The smallest absolute Gasteiger partial charge is 0.251 e. The SMILES string of the molecule is CCC(C)CC(=O)c1ccc2c(c1)C(=O)NCCC2. The number of rotatable bonds is 4. The van der Waals surface area contributed by atoms with Gasteiger partial charge in [-0.2, -0.15) is 0 Å². The van der Waals surface area contributed by atoms with Crippen molar-refractivity contribution in [1.82, 2.24) is 5.32 Å². The van der Waals surface area contributed by atoms with Crippen LogP contribution in [0.5, 0.6) is 0 Å². The molecule has 19 heavy (non-hydrogen) atoms. The first-order chi connectivity index (χ1) is 9.11. The molecule has 2 rings (SSSR count). The van der Waals surface area contributed by atoms with Crippen molar-refractivity contribution in [3.63, 3.8) is 0 Å². The molecule has 0 fully saturated rings. The number of carbonyl (C=O) groups excluding carboxylic acids is 2. The summed E-state index contributed by atoms with van der Waals surface area (Å²) in [7, 11) is 0. The number of ketones is 1. The fraction of sp³-hybridized carbons (Fsp3) is 0.500. The number of Topliss-reactive ketones (excluding diaryl/α,β-unsaturated/α-hetero) is 1. The standard InChI is InChI=1S/C16H21NO2/c1-3-11(2)9-15(18)13-7-6-12-5-4-8-17-16(19)14(12)10-13/h6-7,10-11H,3-5,8-9H2,1-2H3,(H,17,19). The van der Waals surface area contributed by atoms with Gasteiger partial charge in [0.2, 0.25) is 0 Å². The molecular formula is C16H21NO2. The lowest BCUT2D eigenvalue weighted by atomic mass is 9.94. The van der Waals surface area contributed by atoms with Crippen molar-refractivity contribution in [1.29, 1.82) is 0 Å². The summed E-state index contributed by atoms with van der Waals surface area (Å²) in [6.07, 6.45) is 3.40. The quantitative estimate of drug-likeness (QED) is 0.845. The average molecular weight is 259 g/mol. The van der Waals surface area contributed by atoms with E-state index >= 15 is 0 Å². The Hall–Kier alpha value is -1.64. The summed E-state index contributed by atoms with van der Waals surface area (Å²) in [6.45, 7) is 4.88. The maximum atomic E-state index is 12.2. The van der Waals surface area contributed by atoms with Gasteiger partial charge in [0, 0.05) is 24.1 Å². The van der Waals surface area contributed by atoms with E-state index in [1.165, 1.54) is 0 Å². The minimum atomic E-state index is -0.0503. The number of hydrogen-bond donors (Lipinski definition) is 1. The fourth-order valence-electron chi connectivity index (χ4n) is 2.33. The minimum absolute atomic E-state index is 0.0503. The molecule has 3 heteroatoms. The molecule has 1 amide bonds. The van der Waals surface area contributed by atoms with E-state index in [0.29, 0.717) is 30.0 Å². The van der Waals surface area contributed by atoms with Crippen molar-refractivity contribution in [3.05, 3.63) is 34.9 Å². The number of fused-ring (bicyclic) bond motifs is 1. The molecule has 1 aliphatic heterocycles. The molecule has 1 heterocycles. The zero-order chi connectivity index (χ0) is 13.8. The highest BCUT2D eigenvalue weighted by Crippen LogP contribution is 2.19. The van der Waals surface area contributed by atoms with Crippen LogP contribution in [-0.4, -0.2) is 18.2 Å². The zero-order valence-corrected chi connectivity index (χ0v) is 11.7. The van der Waals surface area contributed by atoms with Crippen LogP contribution in [0.15, 0.2) is 18.2 Å². The molecule has 102 valence electrons. The van der Waals surface area contributed by atoms with Crippen LogP contribution in [0.4, 0.5) is 0 Å². The molecule has 1 aromatic rings. The van der Waals surface area contributed by atoms with E-state index in [-0.39, 0.29) is 11.7 Å². The van der Waals surface area contributed by atoms with Crippen molar-refractivity contribution >= 4 is 11.7 Å². The highest BCUT2D eigenvalue weighted by molar-refractivity contribution is 6.01. The molecule has 0 aromatic heterocycles. The van der Waals surface area contributed by atoms with Crippen LogP contribution in [-0.2, 0) is 6.42 Å². The Morgan fingerprint density at radius 1 is 1.42 bits per heavy atom. The second kappa shape index (κ2) is 6.00. The van der Waals surface area contributed by atoms with Crippen molar-refractivity contribution in [2.24, 2.45) is 5.92 Å². The van der Waals surface area contributed by atoms with Crippen LogP contribution in [0, 0.1) is 5.92 Å². The Labute approximate surface area is 114 Å². The van der Waals surface area contributed by atoms with E-state index in [0.717, 1.165) is 24.8 Å². The lowest BCUT2D eigenvalue weighted by Gasteiger charge is -2.10. The Kier molecular flexibility index (Phi) is 4.35. The van der Waals surface area contributed by atoms with Gasteiger partial charge in [0.25, 0.3) is 5.91 Å². The summed E-state index contributed by atoms with van der Waals surface area (Å²) in [6, 6.07) is 5.56. The number of nitrogens with one attached hydrogen (secondary N) is 1. The van der Waals surface area contributed by atoms with Gasteiger partial charge in [-0.25, -0.2) is 0 Å². The topological polar surface area (TPSA) is 46.2 Å². The molecule has 1 aromatic carbocycles. The van der Waals surface area contributed by atoms with Gasteiger partial charge >= 0.3 is 0 Å². The predicted molar refractivity (Wildman–Crippen MR) is 75.5 cm³/mol. The van der Waals surface area contributed by atoms with E-state index in [9.17, 15) is 9.59 Å². The number of amides is 1. The first-order valence-corrected chi connectivity index (χ1v) is 7.06. The normalized spacial score (nSPS) is 16.2. The molecule has 3 nitrogen and oxygen atoms in total. The highest BCUT2D eigenvalue weighted by atomic mass is 16.1. The molecule has 0 saturated carbocycles. The van der Waals surface area contributed by atoms with Gasteiger partial charge in [-0.1, -0.05) is 32.4 Å². The van der Waals surface area contributed by atoms with Gasteiger partial charge in [-0.15, -0.1) is 0 Å². The van der Waals surface area contributed by atoms with Crippen LogP contribution in [0.1, 0.15) is 59.4 Å². The van der Waals surface area contributed by atoms with E-state index < -0.39 is 0 Å². The van der Waals surface area contributed by atoms with Crippen LogP contribution in [0.3, 0.4) is 0 Å². The Bertz CT molecular complexity index is 494. The van der Waals surface area contributed by atoms with Crippen molar-refractivity contribution in [2.45, 2.75) is 39.5 Å². The second-order valence-corrected chi connectivity index (χ2v) is 5.37. The lowest BCUT2D eigenvalue weighted by Crippen LogP contribution is -2.23. The fourth-order valence-corrected chi connectivity index (χ4v) is 2.33. The molecule has 1 atom stereocenters. The maximum absolute atomic E-state index is 12.2. The van der Waals surface area contributed by atoms with Crippen LogP contribution in [0.25, 0.3) is 0 Å². The summed E-state index contributed by atoms with van der Waals surface area (Å²) >= 11 is 0. The molecule has 1 aliphatic rings. The molecule has 1 unspecified atom stereocenters. The number of hydrogen-bond acceptors (Lipinski definition) is 2.